The summed E-state index contributed by atoms with van der Waals surface area (Å²) in [5.41, 5.74) is 9.48. The van der Waals surface area contributed by atoms with E-state index in [0.717, 1.165) is 55.4 Å². The molecule has 4 heteroatoms. The van der Waals surface area contributed by atoms with Crippen LogP contribution in [0.4, 0.5) is 0 Å². The first kappa shape index (κ1) is 37.8. The van der Waals surface area contributed by atoms with Crippen LogP contribution in [0.25, 0.3) is 44.1 Å². The molecule has 0 bridgehead atoms. The quantitative estimate of drug-likeness (QED) is 0.118. The molecule has 0 N–H and O–H groups in total. The third kappa shape index (κ3) is 8.35. The van der Waals surface area contributed by atoms with Gasteiger partial charge in [-0.1, -0.05) is 160 Å². The summed E-state index contributed by atoms with van der Waals surface area (Å²) in [6, 6.07) is 61.9. The van der Waals surface area contributed by atoms with Crippen molar-refractivity contribution in [3.05, 3.63) is 193 Å². The zero-order valence-electron chi connectivity index (χ0n) is 30.5. The molecule has 8 aromatic rings. The molecule has 0 amide bonds. The van der Waals surface area contributed by atoms with Gasteiger partial charge in [0, 0.05) is 36.1 Å². The largest absolute Gasteiger partial charge is 0.311 e. The second-order valence-electron chi connectivity index (χ2n) is 13.8. The predicted molar refractivity (Wildman–Crippen MR) is 222 cm³/mol. The van der Waals surface area contributed by atoms with Crippen molar-refractivity contribution in [2.24, 2.45) is 5.92 Å². The monoisotopic (exact) mass is 884 g/mol. The number of aryl methyl sites for hydroxylation is 2. The summed E-state index contributed by atoms with van der Waals surface area (Å²) >= 11 is 0. The van der Waals surface area contributed by atoms with Gasteiger partial charge in [-0.25, -0.2) is 0 Å². The summed E-state index contributed by atoms with van der Waals surface area (Å²) in [6.45, 7) is 8.77. The molecular formula is C49H42IrNOP-2. The average Bonchev–Trinajstić information content (AvgIpc) is 3.18. The number of hydrogen-bond donors (Lipinski definition) is 0. The minimum atomic E-state index is -2.94. The molecule has 1 heterocycles. The maximum Gasteiger partial charge on any atom is 0.147 e. The van der Waals surface area contributed by atoms with Gasteiger partial charge in [0.05, 0.1) is 5.52 Å². The van der Waals surface area contributed by atoms with Crippen LogP contribution >= 0.6 is 7.14 Å². The number of nitrogens with zero attached hydrogens (tertiary/aromatic N) is 1. The molecule has 2 nitrogen and oxygen atoms in total. The van der Waals surface area contributed by atoms with Gasteiger partial charge < -0.3 is 4.57 Å². The molecule has 8 rings (SSSR count). The van der Waals surface area contributed by atoms with E-state index < -0.39 is 7.14 Å². The van der Waals surface area contributed by atoms with Crippen molar-refractivity contribution in [1.29, 1.82) is 0 Å². The maximum atomic E-state index is 14.2. The molecule has 0 saturated heterocycles. The van der Waals surface area contributed by atoms with E-state index in [1.165, 1.54) is 27.6 Å². The normalized spacial score (nSPS) is 11.2. The van der Waals surface area contributed by atoms with Gasteiger partial charge in [0.25, 0.3) is 0 Å². The topological polar surface area (TPSA) is 30.0 Å². The second-order valence-corrected chi connectivity index (χ2v) is 16.5. The molecule has 0 unspecified atom stereocenters. The summed E-state index contributed by atoms with van der Waals surface area (Å²) in [5.74, 6) is 0.584. The minimum Gasteiger partial charge on any atom is -0.311 e. The first-order chi connectivity index (χ1) is 25.3. The van der Waals surface area contributed by atoms with Crippen molar-refractivity contribution in [3.8, 4) is 22.4 Å². The second kappa shape index (κ2) is 16.8. The third-order valence-corrected chi connectivity index (χ3v) is 12.3. The van der Waals surface area contributed by atoms with Crippen LogP contribution < -0.4 is 15.9 Å². The van der Waals surface area contributed by atoms with Gasteiger partial charge in [-0.2, -0.15) is 18.2 Å². The van der Waals surface area contributed by atoms with E-state index >= 15 is 0 Å². The summed E-state index contributed by atoms with van der Waals surface area (Å²) < 4.78 is 14.2. The SMILES string of the molecule is Cc1[c-]c(-c2ccc3c(CC(C)C)c(-c4ccccc4)ccc3n2)cc(C)c1.O=P(c1[c-]cc2ccccc2c1)(c1ccccc1)c1ccccc1.[Ir]. The Morgan fingerprint density at radius 3 is 1.89 bits per heavy atom. The van der Waals surface area contributed by atoms with Crippen molar-refractivity contribution < 1.29 is 24.7 Å². The summed E-state index contributed by atoms with van der Waals surface area (Å²) in [5, 5.41) is 5.86. The van der Waals surface area contributed by atoms with Crippen molar-refractivity contribution in [2.45, 2.75) is 34.1 Å². The Kier molecular flexibility index (Phi) is 12.0. The number of benzene rings is 7. The summed E-state index contributed by atoms with van der Waals surface area (Å²) in [4.78, 5) is 5.00. The van der Waals surface area contributed by atoms with Crippen LogP contribution in [0.5, 0.6) is 0 Å². The van der Waals surface area contributed by atoms with Gasteiger partial charge in [-0.05, 0) is 40.8 Å². The van der Waals surface area contributed by atoms with Crippen LogP contribution in [0.3, 0.4) is 0 Å². The number of pyridine rings is 1. The third-order valence-electron chi connectivity index (χ3n) is 9.35. The van der Waals surface area contributed by atoms with Crippen molar-refractivity contribution in [3.63, 3.8) is 0 Å². The first-order valence-electron chi connectivity index (χ1n) is 17.9. The fourth-order valence-electron chi connectivity index (χ4n) is 6.96. The molecule has 53 heavy (non-hydrogen) atoms. The zero-order valence-corrected chi connectivity index (χ0v) is 33.8. The van der Waals surface area contributed by atoms with E-state index in [9.17, 15) is 4.57 Å². The van der Waals surface area contributed by atoms with Crippen LogP contribution in [-0.4, -0.2) is 4.98 Å². The average molecular weight is 884 g/mol. The van der Waals surface area contributed by atoms with Crippen LogP contribution in [-0.2, 0) is 31.1 Å². The molecule has 0 atom stereocenters. The zero-order chi connectivity index (χ0) is 36.1. The van der Waals surface area contributed by atoms with Gasteiger partial charge in [0.15, 0.2) is 0 Å². The standard InChI is InChI=1S/C27H26N.C22H16OP.Ir/c1-18(2)14-25-23(21-8-6-5-7-9-21)10-13-27-24(25)11-12-26(28-27)22-16-19(3)15-20(4)17-22;23-24(20-11-3-1-4-12-20,21-13-5-2-6-14-21)22-16-15-18-9-7-8-10-19(18)17-22;/h5-13,15-16,18H,14H2,1-4H3;1-15,17H;/q2*-1;. The van der Waals surface area contributed by atoms with Gasteiger partial charge in [-0.15, -0.1) is 51.7 Å². The Labute approximate surface area is 327 Å². The van der Waals surface area contributed by atoms with Gasteiger partial charge in [-0.3, -0.25) is 4.98 Å². The molecule has 0 spiro atoms. The van der Waals surface area contributed by atoms with E-state index in [2.05, 4.69) is 107 Å². The fourth-order valence-corrected chi connectivity index (χ4v) is 9.57. The Balaban J connectivity index is 0.000000180. The molecule has 265 valence electrons. The van der Waals surface area contributed by atoms with Crippen molar-refractivity contribution >= 4 is 44.7 Å². The molecule has 0 aliphatic heterocycles. The van der Waals surface area contributed by atoms with E-state index in [1.54, 1.807) is 0 Å². The van der Waals surface area contributed by atoms with Gasteiger partial charge >= 0.3 is 0 Å². The Bertz CT molecular complexity index is 2450. The van der Waals surface area contributed by atoms with Crippen LogP contribution in [0.2, 0.25) is 0 Å². The molecule has 0 aliphatic rings. The van der Waals surface area contributed by atoms with Crippen molar-refractivity contribution in [1.82, 2.24) is 4.98 Å². The molecule has 1 radical (unpaired) electrons. The Hall–Kier alpha value is -4.91. The predicted octanol–water partition coefficient (Wildman–Crippen LogP) is 11.5. The van der Waals surface area contributed by atoms with Crippen LogP contribution in [0.15, 0.2) is 164 Å². The Morgan fingerprint density at radius 1 is 0.660 bits per heavy atom. The molecule has 0 fully saturated rings. The smallest absolute Gasteiger partial charge is 0.147 e. The van der Waals surface area contributed by atoms with Crippen LogP contribution in [0, 0.1) is 31.9 Å². The van der Waals surface area contributed by atoms with E-state index in [-0.39, 0.29) is 20.1 Å². The number of hydrogen-bond acceptors (Lipinski definition) is 2. The fraction of sp³-hybridized carbons (Fsp3) is 0.122. The van der Waals surface area contributed by atoms with Crippen LogP contribution in [0.1, 0.15) is 30.5 Å². The Morgan fingerprint density at radius 2 is 1.26 bits per heavy atom. The van der Waals surface area contributed by atoms with E-state index in [4.69, 9.17) is 4.98 Å². The first-order valence-corrected chi connectivity index (χ1v) is 19.6. The summed E-state index contributed by atoms with van der Waals surface area (Å²) in [6.07, 6.45) is 1.04. The van der Waals surface area contributed by atoms with E-state index in [1.807, 2.05) is 97.1 Å². The number of fused-ring (bicyclic) bond motifs is 2. The summed E-state index contributed by atoms with van der Waals surface area (Å²) in [7, 11) is -2.94. The number of rotatable bonds is 7. The minimum absolute atomic E-state index is 0. The van der Waals surface area contributed by atoms with Gasteiger partial charge in [0.2, 0.25) is 0 Å². The van der Waals surface area contributed by atoms with Crippen molar-refractivity contribution in [2.75, 3.05) is 0 Å². The molecular weight excluding hydrogens is 842 g/mol. The molecule has 1 aromatic heterocycles. The number of aromatic nitrogens is 1. The molecule has 0 saturated carbocycles. The molecule has 7 aromatic carbocycles. The van der Waals surface area contributed by atoms with E-state index in [0.29, 0.717) is 5.92 Å². The van der Waals surface area contributed by atoms with Gasteiger partial charge in [0.1, 0.15) is 7.14 Å². The maximum absolute atomic E-state index is 14.2. The molecule has 0 aliphatic carbocycles.